The van der Waals surface area contributed by atoms with Gasteiger partial charge in [0.15, 0.2) is 0 Å². The Hall–Kier alpha value is 0.110. The van der Waals surface area contributed by atoms with Crippen LogP contribution in [0.25, 0.3) is 0 Å². The number of halogens is 3. The third-order valence-corrected chi connectivity index (χ3v) is 2.22. The van der Waals surface area contributed by atoms with Crippen molar-refractivity contribution in [2.24, 2.45) is 0 Å². The highest BCUT2D eigenvalue weighted by Gasteiger charge is 2.37. The number of alkyl halides is 3. The van der Waals surface area contributed by atoms with E-state index >= 15 is 0 Å². The lowest BCUT2D eigenvalue weighted by Gasteiger charge is -2.28. The first-order chi connectivity index (χ1) is 4.63. The molecule has 0 aromatic carbocycles. The molecule has 0 aromatic heterocycles. The minimum Gasteiger partial charge on any atom is -0.387 e. The molecule has 1 aliphatic carbocycles. The van der Waals surface area contributed by atoms with Crippen molar-refractivity contribution in [1.29, 1.82) is 0 Å². The topological polar surface area (TPSA) is 20.2 Å². The lowest BCUT2D eigenvalue weighted by Crippen LogP contribution is -2.42. The first kappa shape index (κ1) is 8.21. The van der Waals surface area contributed by atoms with Crippen molar-refractivity contribution in [1.82, 2.24) is 0 Å². The smallest absolute Gasteiger partial charge is 0.145 e. The van der Waals surface area contributed by atoms with Crippen LogP contribution in [0.15, 0.2) is 0 Å². The Morgan fingerprint density at radius 1 is 1.30 bits per heavy atom. The van der Waals surface area contributed by atoms with E-state index in [1.807, 2.05) is 0 Å². The molecule has 1 N–H and O–H groups in total. The van der Waals surface area contributed by atoms with Gasteiger partial charge < -0.3 is 5.11 Å². The lowest BCUT2D eigenvalue weighted by atomic mass is 9.94. The second-order valence-corrected chi connectivity index (χ2v) is 3.10. The molecule has 0 saturated heterocycles. The average Bonchev–Trinajstić information content (AvgIpc) is 1.93. The molecular formula is C6H9ClF2O. The molecule has 1 saturated carbocycles. The van der Waals surface area contributed by atoms with Gasteiger partial charge in [-0.05, 0) is 12.8 Å². The lowest BCUT2D eigenvalue weighted by molar-refractivity contribution is -0.0147. The Morgan fingerprint density at radius 2 is 1.90 bits per heavy atom. The summed E-state index contributed by atoms with van der Waals surface area (Å²) in [6.07, 6.45) is -4.09. The van der Waals surface area contributed by atoms with Crippen LogP contribution in [0.3, 0.4) is 0 Å². The van der Waals surface area contributed by atoms with E-state index in [1.54, 1.807) is 0 Å². The predicted molar refractivity (Wildman–Crippen MR) is 34.7 cm³/mol. The summed E-state index contributed by atoms with van der Waals surface area (Å²) in [5.74, 6) is 0. The molecule has 1 rings (SSSR count). The molecule has 1 nitrogen and oxygen atoms in total. The molecule has 1 fully saturated rings. The molecule has 4 unspecified atom stereocenters. The third kappa shape index (κ3) is 1.40. The average molecular weight is 171 g/mol. The van der Waals surface area contributed by atoms with E-state index in [2.05, 4.69) is 0 Å². The van der Waals surface area contributed by atoms with Crippen molar-refractivity contribution in [2.45, 2.75) is 36.7 Å². The second kappa shape index (κ2) is 3.01. The maximum absolute atomic E-state index is 12.6. The van der Waals surface area contributed by atoms with Crippen molar-refractivity contribution in [3.63, 3.8) is 0 Å². The number of aliphatic hydroxyl groups excluding tert-OH is 1. The van der Waals surface area contributed by atoms with Gasteiger partial charge in [-0.3, -0.25) is 0 Å². The van der Waals surface area contributed by atoms with Gasteiger partial charge in [0.1, 0.15) is 18.4 Å². The van der Waals surface area contributed by atoms with Gasteiger partial charge in [0.25, 0.3) is 0 Å². The predicted octanol–water partition coefficient (Wildman–Crippen LogP) is 1.42. The zero-order valence-electron chi connectivity index (χ0n) is 5.30. The molecule has 0 bridgehead atoms. The third-order valence-electron chi connectivity index (χ3n) is 1.76. The van der Waals surface area contributed by atoms with Crippen LogP contribution in [-0.2, 0) is 0 Å². The summed E-state index contributed by atoms with van der Waals surface area (Å²) >= 11 is 5.43. The molecule has 0 amide bonds. The fourth-order valence-corrected chi connectivity index (χ4v) is 1.34. The maximum atomic E-state index is 12.6. The molecule has 1 aliphatic rings. The number of hydrogen-bond donors (Lipinski definition) is 1. The Morgan fingerprint density at radius 3 is 2.40 bits per heavy atom. The summed E-state index contributed by atoms with van der Waals surface area (Å²) in [6.45, 7) is 0. The Balaban J connectivity index is 2.52. The van der Waals surface area contributed by atoms with Gasteiger partial charge in [0.05, 0.1) is 5.38 Å². The molecule has 4 atom stereocenters. The standard InChI is InChI=1S/C6H9ClF2O/c7-3-1-2-4(8)6(10)5(3)9/h3-6,10H,1-2H2. The van der Waals surface area contributed by atoms with Gasteiger partial charge in [-0.15, -0.1) is 11.6 Å². The molecule has 0 aromatic rings. The highest BCUT2D eigenvalue weighted by molar-refractivity contribution is 6.21. The summed E-state index contributed by atoms with van der Waals surface area (Å²) < 4.78 is 25.1. The largest absolute Gasteiger partial charge is 0.387 e. The fraction of sp³-hybridized carbons (Fsp3) is 1.00. The van der Waals surface area contributed by atoms with Gasteiger partial charge in [0.2, 0.25) is 0 Å². The summed E-state index contributed by atoms with van der Waals surface area (Å²) in [5.41, 5.74) is 0. The van der Waals surface area contributed by atoms with Gasteiger partial charge in [0, 0.05) is 0 Å². The molecule has 0 heterocycles. The second-order valence-electron chi connectivity index (χ2n) is 2.54. The van der Waals surface area contributed by atoms with Crippen LogP contribution >= 0.6 is 11.6 Å². The first-order valence-corrected chi connectivity index (χ1v) is 3.67. The minimum absolute atomic E-state index is 0.162. The monoisotopic (exact) mass is 170 g/mol. The van der Waals surface area contributed by atoms with Gasteiger partial charge in [-0.25, -0.2) is 8.78 Å². The molecule has 60 valence electrons. The van der Waals surface area contributed by atoms with E-state index in [4.69, 9.17) is 16.7 Å². The maximum Gasteiger partial charge on any atom is 0.145 e. The molecule has 10 heavy (non-hydrogen) atoms. The van der Waals surface area contributed by atoms with Gasteiger partial charge >= 0.3 is 0 Å². The highest BCUT2D eigenvalue weighted by Crippen LogP contribution is 2.27. The zero-order chi connectivity index (χ0) is 7.72. The number of hydrogen-bond acceptors (Lipinski definition) is 1. The van der Waals surface area contributed by atoms with Crippen LogP contribution in [0.2, 0.25) is 0 Å². The summed E-state index contributed by atoms with van der Waals surface area (Å²) in [5, 5.41) is 8.06. The normalized spacial score (nSPS) is 49.2. The van der Waals surface area contributed by atoms with Crippen LogP contribution in [0.1, 0.15) is 12.8 Å². The summed E-state index contributed by atoms with van der Waals surface area (Å²) in [7, 11) is 0. The van der Waals surface area contributed by atoms with Crippen LogP contribution in [0.5, 0.6) is 0 Å². The molecule has 0 aliphatic heterocycles. The van der Waals surface area contributed by atoms with E-state index in [0.717, 1.165) is 0 Å². The zero-order valence-corrected chi connectivity index (χ0v) is 6.06. The van der Waals surface area contributed by atoms with E-state index < -0.39 is 23.8 Å². The van der Waals surface area contributed by atoms with Crippen LogP contribution < -0.4 is 0 Å². The quantitative estimate of drug-likeness (QED) is 0.546. The Kier molecular flexibility index (Phi) is 2.47. The van der Waals surface area contributed by atoms with Crippen LogP contribution in [0.4, 0.5) is 8.78 Å². The van der Waals surface area contributed by atoms with Crippen molar-refractivity contribution < 1.29 is 13.9 Å². The van der Waals surface area contributed by atoms with Gasteiger partial charge in [-0.1, -0.05) is 0 Å². The van der Waals surface area contributed by atoms with Crippen molar-refractivity contribution >= 4 is 11.6 Å². The molecule has 0 radical (unpaired) electrons. The van der Waals surface area contributed by atoms with E-state index in [-0.39, 0.29) is 6.42 Å². The van der Waals surface area contributed by atoms with Crippen LogP contribution in [0, 0.1) is 0 Å². The van der Waals surface area contributed by atoms with Crippen molar-refractivity contribution in [2.75, 3.05) is 0 Å². The SMILES string of the molecule is OC1C(F)CCC(Cl)C1F. The van der Waals surface area contributed by atoms with Crippen molar-refractivity contribution in [3.05, 3.63) is 0 Å². The Labute approximate surface area is 63.0 Å². The number of rotatable bonds is 0. The van der Waals surface area contributed by atoms with E-state index in [9.17, 15) is 8.78 Å². The van der Waals surface area contributed by atoms with Crippen molar-refractivity contribution in [3.8, 4) is 0 Å². The van der Waals surface area contributed by atoms with Crippen LogP contribution in [-0.4, -0.2) is 28.9 Å². The highest BCUT2D eigenvalue weighted by atomic mass is 35.5. The molecule has 4 heteroatoms. The Bertz CT molecular complexity index is 108. The molecular weight excluding hydrogens is 162 g/mol. The number of aliphatic hydroxyl groups is 1. The van der Waals surface area contributed by atoms with E-state index in [1.165, 1.54) is 0 Å². The van der Waals surface area contributed by atoms with E-state index in [0.29, 0.717) is 6.42 Å². The summed E-state index contributed by atoms with van der Waals surface area (Å²) in [4.78, 5) is 0. The fourth-order valence-electron chi connectivity index (χ4n) is 1.06. The first-order valence-electron chi connectivity index (χ1n) is 3.23. The minimum atomic E-state index is -1.61. The molecule has 0 spiro atoms. The summed E-state index contributed by atoms with van der Waals surface area (Å²) in [6, 6.07) is 0. The van der Waals surface area contributed by atoms with Gasteiger partial charge in [-0.2, -0.15) is 0 Å².